The number of nitrogens with one attached hydrogen (secondary N) is 1. The van der Waals surface area contributed by atoms with E-state index >= 15 is 0 Å². The molecule has 1 unspecified atom stereocenters. The van der Waals surface area contributed by atoms with E-state index in [2.05, 4.69) is 51.5 Å². The quantitative estimate of drug-likeness (QED) is 0.688. The summed E-state index contributed by atoms with van der Waals surface area (Å²) in [4.78, 5) is 6.69. The van der Waals surface area contributed by atoms with Gasteiger partial charge in [-0.25, -0.2) is 0 Å². The van der Waals surface area contributed by atoms with E-state index in [4.69, 9.17) is 4.74 Å². The van der Waals surface area contributed by atoms with Crippen LogP contribution < -0.4 is 5.32 Å². The minimum Gasteiger partial charge on any atom is -0.370 e. The molecule has 2 aromatic rings. The maximum atomic E-state index is 5.99. The first-order valence-electron chi connectivity index (χ1n) is 8.38. The Balaban J connectivity index is 1.59. The van der Waals surface area contributed by atoms with Gasteiger partial charge in [0.25, 0.3) is 0 Å². The van der Waals surface area contributed by atoms with Crippen molar-refractivity contribution in [1.29, 1.82) is 0 Å². The van der Waals surface area contributed by atoms with Crippen LogP contribution in [0.4, 0.5) is 0 Å². The van der Waals surface area contributed by atoms with E-state index < -0.39 is 0 Å². The van der Waals surface area contributed by atoms with Crippen molar-refractivity contribution >= 4 is 5.96 Å². The molecule has 2 heterocycles. The molecule has 128 valence electrons. The van der Waals surface area contributed by atoms with Gasteiger partial charge in [0.05, 0.1) is 19.7 Å². The Morgan fingerprint density at radius 2 is 2.25 bits per heavy atom. The van der Waals surface area contributed by atoms with Crippen LogP contribution in [0.3, 0.4) is 0 Å². The van der Waals surface area contributed by atoms with Crippen LogP contribution in [-0.4, -0.2) is 53.9 Å². The number of hydrogen-bond acceptors (Lipinski definition) is 3. The molecule has 6 heteroatoms. The summed E-state index contributed by atoms with van der Waals surface area (Å²) in [7, 11) is 1.83. The zero-order valence-electron chi connectivity index (χ0n) is 14.4. The summed E-state index contributed by atoms with van der Waals surface area (Å²) >= 11 is 0. The second kappa shape index (κ2) is 7.97. The third-order valence-electron chi connectivity index (χ3n) is 4.30. The number of aryl methyl sites for hydroxylation is 1. The molecule has 6 nitrogen and oxygen atoms in total. The fraction of sp³-hybridized carbons (Fsp3) is 0.444. The summed E-state index contributed by atoms with van der Waals surface area (Å²) < 4.78 is 7.91. The normalized spacial score (nSPS) is 18.7. The van der Waals surface area contributed by atoms with E-state index in [-0.39, 0.29) is 6.10 Å². The summed E-state index contributed by atoms with van der Waals surface area (Å²) in [6.07, 6.45) is 3.85. The summed E-state index contributed by atoms with van der Waals surface area (Å²) in [5.41, 5.74) is 2.53. The number of rotatable bonds is 4. The minimum atomic E-state index is 0.0876. The van der Waals surface area contributed by atoms with Gasteiger partial charge in [0.1, 0.15) is 6.10 Å². The maximum absolute atomic E-state index is 5.99. The van der Waals surface area contributed by atoms with Gasteiger partial charge >= 0.3 is 0 Å². The lowest BCUT2D eigenvalue weighted by atomic mass is 10.0. The Morgan fingerprint density at radius 1 is 1.38 bits per heavy atom. The van der Waals surface area contributed by atoms with Gasteiger partial charge in [0.2, 0.25) is 0 Å². The molecule has 1 fully saturated rings. The Labute approximate surface area is 143 Å². The molecule has 1 aliphatic heterocycles. The topological polar surface area (TPSA) is 54.7 Å². The highest BCUT2D eigenvalue weighted by Gasteiger charge is 2.24. The van der Waals surface area contributed by atoms with E-state index in [1.54, 1.807) is 6.20 Å². The van der Waals surface area contributed by atoms with Gasteiger partial charge < -0.3 is 15.0 Å². The summed E-state index contributed by atoms with van der Waals surface area (Å²) in [5, 5.41) is 7.64. The fourth-order valence-electron chi connectivity index (χ4n) is 3.03. The van der Waals surface area contributed by atoms with Crippen LogP contribution in [-0.2, 0) is 11.3 Å². The molecule has 1 saturated heterocycles. The molecule has 0 saturated carbocycles. The van der Waals surface area contributed by atoms with Crippen LogP contribution in [0.5, 0.6) is 0 Å². The molecular formula is C18H25N5O. The van der Waals surface area contributed by atoms with Crippen LogP contribution >= 0.6 is 0 Å². The predicted octanol–water partition coefficient (Wildman–Crippen LogP) is 1.84. The molecule has 1 N–H and O–H groups in total. The van der Waals surface area contributed by atoms with Crippen molar-refractivity contribution in [2.75, 3.05) is 33.3 Å². The van der Waals surface area contributed by atoms with Crippen LogP contribution in [0.15, 0.2) is 47.7 Å². The van der Waals surface area contributed by atoms with Crippen molar-refractivity contribution in [3.8, 4) is 0 Å². The Bertz CT molecular complexity index is 668. The van der Waals surface area contributed by atoms with Crippen molar-refractivity contribution in [2.45, 2.75) is 19.6 Å². The molecule has 3 rings (SSSR count). The highest BCUT2D eigenvalue weighted by atomic mass is 16.5. The molecule has 0 bridgehead atoms. The largest absolute Gasteiger partial charge is 0.370 e. The van der Waals surface area contributed by atoms with Gasteiger partial charge in [-0.15, -0.1) is 0 Å². The molecule has 1 aromatic heterocycles. The van der Waals surface area contributed by atoms with Crippen molar-refractivity contribution in [2.24, 2.45) is 4.99 Å². The number of nitrogens with zero attached hydrogens (tertiary/aromatic N) is 4. The number of aromatic nitrogens is 2. The summed E-state index contributed by atoms with van der Waals surface area (Å²) in [5.74, 6) is 0.920. The van der Waals surface area contributed by atoms with Crippen LogP contribution in [0.2, 0.25) is 0 Å². The molecule has 1 aliphatic rings. The summed E-state index contributed by atoms with van der Waals surface area (Å²) in [6, 6.07) is 10.4. The average molecular weight is 327 g/mol. The van der Waals surface area contributed by atoms with Crippen molar-refractivity contribution in [1.82, 2.24) is 20.0 Å². The minimum absolute atomic E-state index is 0.0876. The van der Waals surface area contributed by atoms with E-state index in [9.17, 15) is 0 Å². The number of morpholine rings is 1. The van der Waals surface area contributed by atoms with Crippen molar-refractivity contribution in [3.05, 3.63) is 53.9 Å². The third-order valence-corrected chi connectivity index (χ3v) is 4.30. The van der Waals surface area contributed by atoms with Gasteiger partial charge in [-0.2, -0.15) is 5.10 Å². The maximum Gasteiger partial charge on any atom is 0.193 e. The molecule has 0 radical (unpaired) electrons. The van der Waals surface area contributed by atoms with Gasteiger partial charge in [-0.05, 0) is 24.1 Å². The standard InChI is InChI=1S/C18H25N5O/c1-15-6-3-4-7-16(15)17-14-22(12-13-24-17)18(19-2)20-9-11-23-10-5-8-21-23/h3-8,10,17H,9,11-14H2,1-2H3,(H,19,20). The van der Waals surface area contributed by atoms with E-state index in [1.807, 2.05) is 24.0 Å². The number of ether oxygens (including phenoxy) is 1. The van der Waals surface area contributed by atoms with Crippen LogP contribution in [0.1, 0.15) is 17.2 Å². The van der Waals surface area contributed by atoms with Crippen LogP contribution in [0, 0.1) is 6.92 Å². The first-order valence-corrected chi connectivity index (χ1v) is 8.38. The van der Waals surface area contributed by atoms with E-state index in [0.29, 0.717) is 6.61 Å². The lowest BCUT2D eigenvalue weighted by molar-refractivity contribution is -0.00831. The Hall–Kier alpha value is -2.34. The van der Waals surface area contributed by atoms with Crippen molar-refractivity contribution < 1.29 is 4.74 Å². The van der Waals surface area contributed by atoms with Crippen molar-refractivity contribution in [3.63, 3.8) is 0 Å². The third kappa shape index (κ3) is 3.94. The zero-order chi connectivity index (χ0) is 16.8. The van der Waals surface area contributed by atoms with Gasteiger partial charge in [0.15, 0.2) is 5.96 Å². The second-order valence-corrected chi connectivity index (χ2v) is 5.91. The fourth-order valence-corrected chi connectivity index (χ4v) is 3.03. The predicted molar refractivity (Wildman–Crippen MR) is 95.0 cm³/mol. The molecule has 0 amide bonds. The molecule has 1 aromatic carbocycles. The highest BCUT2D eigenvalue weighted by molar-refractivity contribution is 5.80. The Kier molecular flexibility index (Phi) is 5.48. The first kappa shape index (κ1) is 16.5. The Morgan fingerprint density at radius 3 is 3.00 bits per heavy atom. The van der Waals surface area contributed by atoms with Gasteiger partial charge in [0, 0.05) is 32.5 Å². The van der Waals surface area contributed by atoms with Gasteiger partial charge in [-0.3, -0.25) is 9.67 Å². The SMILES string of the molecule is CN=C(NCCn1cccn1)N1CCOC(c2ccccc2C)C1. The number of aliphatic imine (C=N–C) groups is 1. The van der Waals surface area contributed by atoms with Crippen LogP contribution in [0.25, 0.3) is 0 Å². The lowest BCUT2D eigenvalue weighted by Gasteiger charge is -2.35. The number of benzene rings is 1. The smallest absolute Gasteiger partial charge is 0.193 e. The monoisotopic (exact) mass is 327 g/mol. The summed E-state index contributed by atoms with van der Waals surface area (Å²) in [6.45, 7) is 6.11. The van der Waals surface area contributed by atoms with Gasteiger partial charge in [-0.1, -0.05) is 24.3 Å². The number of hydrogen-bond donors (Lipinski definition) is 1. The molecule has 0 aliphatic carbocycles. The lowest BCUT2D eigenvalue weighted by Crippen LogP contribution is -2.48. The first-order chi connectivity index (χ1) is 11.8. The molecule has 1 atom stereocenters. The highest BCUT2D eigenvalue weighted by Crippen LogP contribution is 2.24. The van der Waals surface area contributed by atoms with E-state index in [0.717, 1.165) is 32.1 Å². The average Bonchev–Trinajstić information content (AvgIpc) is 3.13. The van der Waals surface area contributed by atoms with E-state index in [1.165, 1.54) is 11.1 Å². The number of guanidine groups is 1. The molecule has 24 heavy (non-hydrogen) atoms. The zero-order valence-corrected chi connectivity index (χ0v) is 14.4. The second-order valence-electron chi connectivity index (χ2n) is 5.91. The molecule has 0 spiro atoms. The molecular weight excluding hydrogens is 302 g/mol.